The zero-order valence-corrected chi connectivity index (χ0v) is 18.3. The first-order chi connectivity index (χ1) is 14.3. The van der Waals surface area contributed by atoms with Crippen molar-refractivity contribution in [2.75, 3.05) is 6.61 Å². The minimum absolute atomic E-state index is 0.0735. The number of hydrogen-bond donors (Lipinski definition) is 4. The quantitative estimate of drug-likeness (QED) is 0.332. The lowest BCUT2D eigenvalue weighted by Crippen LogP contribution is -2.49. The Kier molecular flexibility index (Phi) is 6.86. The summed E-state index contributed by atoms with van der Waals surface area (Å²) in [4.78, 5) is 24.3. The number of phenolic OH excluding ortho intramolecular Hbond substituents is 1. The average Bonchev–Trinajstić information content (AvgIpc) is 2.71. The van der Waals surface area contributed by atoms with Crippen LogP contribution in [0.2, 0.25) is 0 Å². The van der Waals surface area contributed by atoms with E-state index < -0.39 is 11.8 Å². The highest BCUT2D eigenvalue weighted by molar-refractivity contribution is 9.10. The van der Waals surface area contributed by atoms with E-state index in [2.05, 4.69) is 32.1 Å². The van der Waals surface area contributed by atoms with Crippen LogP contribution < -0.4 is 20.9 Å². The predicted octanol–water partition coefficient (Wildman–Crippen LogP) is 3.33. The van der Waals surface area contributed by atoms with Crippen LogP contribution in [0.4, 0.5) is 0 Å². The molecule has 0 aliphatic heterocycles. The lowest BCUT2D eigenvalue weighted by Gasteiger charge is -2.13. The fraction of sp³-hybridized carbons (Fsp3) is 0.0952. The number of fused-ring (bicyclic) bond motifs is 1. The monoisotopic (exact) mass is 487 g/mol. The summed E-state index contributed by atoms with van der Waals surface area (Å²) in [7, 11) is 0. The predicted molar refractivity (Wildman–Crippen MR) is 121 cm³/mol. The third kappa shape index (κ3) is 5.46. The van der Waals surface area contributed by atoms with Crippen molar-refractivity contribution in [2.24, 2.45) is 0 Å². The second-order valence-corrected chi connectivity index (χ2v) is 7.70. The highest BCUT2D eigenvalue weighted by Crippen LogP contribution is 2.25. The molecule has 3 rings (SSSR count). The van der Waals surface area contributed by atoms with Gasteiger partial charge in [-0.25, -0.2) is 0 Å². The van der Waals surface area contributed by atoms with E-state index in [-0.39, 0.29) is 23.0 Å². The number of halogens is 1. The van der Waals surface area contributed by atoms with Crippen LogP contribution in [0.3, 0.4) is 0 Å². The number of ether oxygens (including phenoxy) is 1. The number of benzene rings is 3. The minimum Gasteiger partial charge on any atom is -0.507 e. The highest BCUT2D eigenvalue weighted by Gasteiger charge is 2.13. The molecule has 0 saturated heterocycles. The molecule has 0 unspecified atom stereocenters. The van der Waals surface area contributed by atoms with Gasteiger partial charge in [-0.2, -0.15) is 0 Å². The smallest absolute Gasteiger partial charge is 0.273 e. The standard InChI is InChI=1S/C21H18BrN3O4S/c1-12-8-15(22)6-7-18(12)29-11-19(27)23-21(30)25-24-20(28)16-9-13-4-2-3-5-14(13)10-17(16)26/h2-10,26H,11H2,1H3,(H,24,28)(H2,23,25,27,30). The van der Waals surface area contributed by atoms with Crippen molar-refractivity contribution in [3.05, 3.63) is 70.2 Å². The summed E-state index contributed by atoms with van der Waals surface area (Å²) < 4.78 is 6.38. The Labute approximate surface area is 186 Å². The van der Waals surface area contributed by atoms with Gasteiger partial charge in [0.25, 0.3) is 11.8 Å². The van der Waals surface area contributed by atoms with Gasteiger partial charge < -0.3 is 9.84 Å². The molecule has 0 radical (unpaired) electrons. The molecule has 3 aromatic rings. The average molecular weight is 488 g/mol. The maximum Gasteiger partial charge on any atom is 0.273 e. The van der Waals surface area contributed by atoms with Crippen molar-refractivity contribution >= 4 is 55.8 Å². The first-order valence-corrected chi connectivity index (χ1v) is 10.0. The summed E-state index contributed by atoms with van der Waals surface area (Å²) in [5.41, 5.74) is 5.73. The molecule has 3 aromatic carbocycles. The van der Waals surface area contributed by atoms with Crippen LogP contribution in [-0.4, -0.2) is 28.6 Å². The van der Waals surface area contributed by atoms with Crippen LogP contribution >= 0.6 is 28.1 Å². The van der Waals surface area contributed by atoms with E-state index in [9.17, 15) is 14.7 Å². The lowest BCUT2D eigenvalue weighted by molar-refractivity contribution is -0.121. The SMILES string of the molecule is Cc1cc(Br)ccc1OCC(=O)NC(=S)NNC(=O)c1cc2ccccc2cc1O. The van der Waals surface area contributed by atoms with Crippen LogP contribution in [0, 0.1) is 6.92 Å². The van der Waals surface area contributed by atoms with E-state index in [0.717, 1.165) is 20.8 Å². The molecule has 154 valence electrons. The number of aryl methyl sites for hydroxylation is 1. The van der Waals surface area contributed by atoms with Gasteiger partial charge in [-0.15, -0.1) is 0 Å². The fourth-order valence-electron chi connectivity index (χ4n) is 2.70. The van der Waals surface area contributed by atoms with Crippen LogP contribution in [-0.2, 0) is 4.79 Å². The lowest BCUT2D eigenvalue weighted by atomic mass is 10.1. The summed E-state index contributed by atoms with van der Waals surface area (Å²) >= 11 is 8.36. The number of hydrazine groups is 1. The summed E-state index contributed by atoms with van der Waals surface area (Å²) in [6.45, 7) is 1.62. The molecule has 0 fully saturated rings. The van der Waals surface area contributed by atoms with Gasteiger partial charge >= 0.3 is 0 Å². The number of amides is 2. The Morgan fingerprint density at radius 3 is 2.47 bits per heavy atom. The molecule has 0 heterocycles. The molecular formula is C21H18BrN3O4S. The second-order valence-electron chi connectivity index (χ2n) is 6.37. The largest absolute Gasteiger partial charge is 0.507 e. The van der Waals surface area contributed by atoms with Crippen LogP contribution in [0.1, 0.15) is 15.9 Å². The number of rotatable bonds is 4. The van der Waals surface area contributed by atoms with Crippen LogP contribution in [0.25, 0.3) is 10.8 Å². The summed E-state index contributed by atoms with van der Waals surface area (Å²) in [6, 6.07) is 15.8. The Morgan fingerprint density at radius 1 is 1.07 bits per heavy atom. The molecule has 0 atom stereocenters. The third-order valence-electron chi connectivity index (χ3n) is 4.15. The van der Waals surface area contributed by atoms with Crippen LogP contribution in [0.15, 0.2) is 59.1 Å². The number of aromatic hydroxyl groups is 1. The van der Waals surface area contributed by atoms with Gasteiger partial charge in [0, 0.05) is 4.47 Å². The topological polar surface area (TPSA) is 99.7 Å². The fourth-order valence-corrected chi connectivity index (χ4v) is 3.34. The van der Waals surface area contributed by atoms with Crippen molar-refractivity contribution in [1.29, 1.82) is 0 Å². The van der Waals surface area contributed by atoms with E-state index in [1.165, 1.54) is 6.07 Å². The van der Waals surface area contributed by atoms with E-state index in [4.69, 9.17) is 17.0 Å². The Balaban J connectivity index is 1.51. The Bertz CT molecular complexity index is 1140. The maximum atomic E-state index is 12.3. The Hall–Kier alpha value is -3.17. The summed E-state index contributed by atoms with van der Waals surface area (Å²) in [5.74, 6) is -0.678. The van der Waals surface area contributed by atoms with E-state index in [1.807, 2.05) is 43.3 Å². The molecule has 30 heavy (non-hydrogen) atoms. The van der Waals surface area contributed by atoms with Gasteiger partial charge in [0.1, 0.15) is 11.5 Å². The van der Waals surface area contributed by atoms with Gasteiger partial charge in [-0.05, 0) is 65.8 Å². The number of thiocarbonyl (C=S) groups is 1. The molecule has 0 aliphatic carbocycles. The maximum absolute atomic E-state index is 12.3. The number of phenols is 1. The third-order valence-corrected chi connectivity index (χ3v) is 4.84. The van der Waals surface area contributed by atoms with Crippen molar-refractivity contribution < 1.29 is 19.4 Å². The second kappa shape index (κ2) is 9.55. The van der Waals surface area contributed by atoms with Crippen molar-refractivity contribution in [2.45, 2.75) is 6.92 Å². The van der Waals surface area contributed by atoms with Gasteiger partial charge in [0.2, 0.25) is 0 Å². The van der Waals surface area contributed by atoms with E-state index in [1.54, 1.807) is 12.1 Å². The first kappa shape index (κ1) is 21.5. The zero-order valence-electron chi connectivity index (χ0n) is 15.9. The first-order valence-electron chi connectivity index (χ1n) is 8.84. The Morgan fingerprint density at radius 2 is 1.77 bits per heavy atom. The van der Waals surface area contributed by atoms with Crippen LogP contribution in [0.5, 0.6) is 11.5 Å². The molecule has 0 aliphatic rings. The minimum atomic E-state index is -0.600. The summed E-state index contributed by atoms with van der Waals surface area (Å²) in [6.07, 6.45) is 0. The number of carbonyl (C=O) groups excluding carboxylic acids is 2. The zero-order chi connectivity index (χ0) is 21.7. The molecule has 9 heteroatoms. The normalized spacial score (nSPS) is 10.3. The number of carbonyl (C=O) groups is 2. The molecule has 7 nitrogen and oxygen atoms in total. The molecule has 0 spiro atoms. The van der Waals surface area contributed by atoms with Gasteiger partial charge in [0.15, 0.2) is 11.7 Å². The number of hydrogen-bond acceptors (Lipinski definition) is 5. The van der Waals surface area contributed by atoms with Gasteiger partial charge in [-0.1, -0.05) is 40.2 Å². The van der Waals surface area contributed by atoms with Gasteiger partial charge in [-0.3, -0.25) is 25.8 Å². The van der Waals surface area contributed by atoms with Crippen molar-refractivity contribution in [1.82, 2.24) is 16.2 Å². The molecule has 0 aromatic heterocycles. The molecular weight excluding hydrogens is 470 g/mol. The molecule has 2 amide bonds. The van der Waals surface area contributed by atoms with Crippen molar-refractivity contribution in [3.63, 3.8) is 0 Å². The van der Waals surface area contributed by atoms with Gasteiger partial charge in [0.05, 0.1) is 5.56 Å². The molecule has 4 N–H and O–H groups in total. The van der Waals surface area contributed by atoms with E-state index >= 15 is 0 Å². The highest BCUT2D eigenvalue weighted by atomic mass is 79.9. The van der Waals surface area contributed by atoms with Crippen molar-refractivity contribution in [3.8, 4) is 11.5 Å². The van der Waals surface area contributed by atoms with E-state index in [0.29, 0.717) is 5.75 Å². The number of nitrogens with one attached hydrogen (secondary N) is 3. The molecule has 0 saturated carbocycles. The molecule has 0 bridgehead atoms. The summed E-state index contributed by atoms with van der Waals surface area (Å²) in [5, 5.41) is 14.0.